The van der Waals surface area contributed by atoms with Crippen LogP contribution in [0.25, 0.3) is 0 Å². The van der Waals surface area contributed by atoms with Crippen molar-refractivity contribution in [3.8, 4) is 0 Å². The predicted molar refractivity (Wildman–Crippen MR) is 57.7 cm³/mol. The van der Waals surface area contributed by atoms with E-state index in [1.165, 1.54) is 0 Å². The van der Waals surface area contributed by atoms with Gasteiger partial charge in [0.05, 0.1) is 5.79 Å². The first-order valence-corrected chi connectivity index (χ1v) is 5.50. The fourth-order valence-corrected chi connectivity index (χ4v) is 0.204. The van der Waals surface area contributed by atoms with E-state index in [0.29, 0.717) is 0 Å². The van der Waals surface area contributed by atoms with Gasteiger partial charge in [-0.05, 0) is 27.7 Å². The van der Waals surface area contributed by atoms with Gasteiger partial charge in [-0.25, -0.2) is 0 Å². The molecular weight excluding hydrogens is 314 g/mol. The van der Waals surface area contributed by atoms with Crippen LogP contribution in [0.2, 0.25) is 0 Å². The van der Waals surface area contributed by atoms with Crippen LogP contribution in [0.4, 0.5) is 26.3 Å². The van der Waals surface area contributed by atoms with Crippen molar-refractivity contribution in [1.29, 1.82) is 0 Å². The Balaban J connectivity index is -0.000000239. The van der Waals surface area contributed by atoms with E-state index in [4.69, 9.17) is 20.1 Å². The normalized spacial score (nSPS) is 15.1. The lowest BCUT2D eigenvalue weighted by molar-refractivity contribution is -0.598. The molecule has 5 nitrogen and oxygen atoms in total. The summed E-state index contributed by atoms with van der Waals surface area (Å²) in [4.78, 5) is 0. The summed E-state index contributed by atoms with van der Waals surface area (Å²) in [5, 5.41) is 32.8. The van der Waals surface area contributed by atoms with Crippen LogP contribution in [-0.2, 0) is 4.74 Å². The quantitative estimate of drug-likeness (QED) is 0.516. The van der Waals surface area contributed by atoms with Gasteiger partial charge in [-0.15, -0.1) is 0 Å². The SMILES string of the molecule is CC(O)(O)C(F)(F)F.CC([O-])(O)C(F)(F)F.CCOCC. The maximum Gasteiger partial charge on any atom is 0.442 e. The molecular formula is C10H19F6O5-. The van der Waals surface area contributed by atoms with Crippen LogP contribution in [0.1, 0.15) is 27.7 Å². The zero-order valence-corrected chi connectivity index (χ0v) is 11.8. The molecule has 0 heterocycles. The van der Waals surface area contributed by atoms with Gasteiger partial charge in [-0.2, -0.15) is 26.3 Å². The summed E-state index contributed by atoms with van der Waals surface area (Å²) in [6.45, 7) is 6.07. The molecule has 0 bridgehead atoms. The highest BCUT2D eigenvalue weighted by molar-refractivity contribution is 4.66. The largest absolute Gasteiger partial charge is 0.822 e. The molecule has 1 unspecified atom stereocenters. The molecule has 132 valence electrons. The van der Waals surface area contributed by atoms with Crippen molar-refractivity contribution in [2.75, 3.05) is 13.2 Å². The highest BCUT2D eigenvalue weighted by atomic mass is 19.4. The molecule has 0 saturated carbocycles. The average molecular weight is 333 g/mol. The Morgan fingerprint density at radius 3 is 1.00 bits per heavy atom. The average Bonchev–Trinajstić information content (AvgIpc) is 2.13. The fraction of sp³-hybridized carbons (Fsp3) is 1.00. The summed E-state index contributed by atoms with van der Waals surface area (Å²) in [5.41, 5.74) is 0. The van der Waals surface area contributed by atoms with Crippen LogP contribution >= 0.6 is 0 Å². The number of rotatable bonds is 2. The number of ether oxygens (including phenoxy) is 1. The first kappa shape index (κ1) is 25.3. The molecule has 0 aromatic rings. The van der Waals surface area contributed by atoms with Gasteiger partial charge in [0.25, 0.3) is 5.79 Å². The minimum atomic E-state index is -5.06. The topological polar surface area (TPSA) is 93.0 Å². The van der Waals surface area contributed by atoms with Crippen LogP contribution < -0.4 is 5.11 Å². The summed E-state index contributed by atoms with van der Waals surface area (Å²) in [6.07, 6.45) is -10.0. The van der Waals surface area contributed by atoms with Crippen molar-refractivity contribution >= 4 is 0 Å². The van der Waals surface area contributed by atoms with Crippen molar-refractivity contribution in [3.63, 3.8) is 0 Å². The molecule has 3 N–H and O–H groups in total. The van der Waals surface area contributed by atoms with E-state index in [1.807, 2.05) is 13.8 Å². The second-order valence-electron chi connectivity index (χ2n) is 3.78. The fourth-order valence-electron chi connectivity index (χ4n) is 0.204. The molecule has 1 atom stereocenters. The summed E-state index contributed by atoms with van der Waals surface area (Å²) < 4.78 is 71.0. The zero-order valence-electron chi connectivity index (χ0n) is 11.8. The van der Waals surface area contributed by atoms with E-state index in [0.717, 1.165) is 13.2 Å². The molecule has 0 rings (SSSR count). The Morgan fingerprint density at radius 1 is 0.810 bits per heavy atom. The van der Waals surface area contributed by atoms with Gasteiger partial charge in [0, 0.05) is 13.2 Å². The highest BCUT2D eigenvalue weighted by Crippen LogP contribution is 2.26. The molecule has 0 spiro atoms. The van der Waals surface area contributed by atoms with Crippen LogP contribution in [0, 0.1) is 0 Å². The Morgan fingerprint density at radius 2 is 1.00 bits per heavy atom. The van der Waals surface area contributed by atoms with Gasteiger partial charge in [-0.3, -0.25) is 0 Å². The standard InChI is InChI=1S/C4H10O.C3H5F3O2.C3H4F3O2/c1-3-5-4-2;2*1-2(7,8)3(4,5)6/h3-4H2,1-2H3;7-8H,1H3;7H,1H3/q;;-1. The summed E-state index contributed by atoms with van der Waals surface area (Å²) >= 11 is 0. The first-order valence-electron chi connectivity index (χ1n) is 5.50. The highest BCUT2D eigenvalue weighted by Gasteiger charge is 2.48. The van der Waals surface area contributed by atoms with Crippen molar-refractivity contribution in [3.05, 3.63) is 0 Å². The van der Waals surface area contributed by atoms with Gasteiger partial charge in [0.1, 0.15) is 0 Å². The molecule has 0 aromatic heterocycles. The number of hydrogen-bond acceptors (Lipinski definition) is 5. The van der Waals surface area contributed by atoms with Gasteiger partial charge >= 0.3 is 12.4 Å². The smallest absolute Gasteiger partial charge is 0.442 e. The van der Waals surface area contributed by atoms with E-state index in [-0.39, 0.29) is 13.8 Å². The third-order valence-corrected chi connectivity index (χ3v) is 1.47. The number of hydrogen-bond donors (Lipinski definition) is 3. The lowest BCUT2D eigenvalue weighted by Gasteiger charge is -2.31. The van der Waals surface area contributed by atoms with Gasteiger partial charge in [0.15, 0.2) is 0 Å². The molecule has 0 saturated heterocycles. The van der Waals surface area contributed by atoms with Crippen molar-refractivity contribution < 1.29 is 51.5 Å². The lowest BCUT2D eigenvalue weighted by atomic mass is 10.3. The summed E-state index contributed by atoms with van der Waals surface area (Å²) in [5.74, 6) is -7.38. The number of aliphatic hydroxyl groups is 3. The van der Waals surface area contributed by atoms with Crippen LogP contribution in [0.5, 0.6) is 0 Å². The van der Waals surface area contributed by atoms with E-state index >= 15 is 0 Å². The molecule has 0 amide bonds. The molecule has 0 aliphatic heterocycles. The maximum atomic E-state index is 11.1. The Bertz CT molecular complexity index is 201. The maximum absolute atomic E-state index is 11.1. The third-order valence-electron chi connectivity index (χ3n) is 1.47. The third kappa shape index (κ3) is 15.6. The lowest BCUT2D eigenvalue weighted by Crippen LogP contribution is -2.53. The van der Waals surface area contributed by atoms with E-state index in [1.54, 1.807) is 0 Å². The van der Waals surface area contributed by atoms with Crippen molar-refractivity contribution in [2.45, 2.75) is 51.6 Å². The monoisotopic (exact) mass is 333 g/mol. The zero-order chi connectivity index (χ0) is 18.1. The molecule has 0 aromatic carbocycles. The molecule has 11 heteroatoms. The number of alkyl halides is 6. The van der Waals surface area contributed by atoms with Crippen LogP contribution in [0.3, 0.4) is 0 Å². The minimum absolute atomic E-state index is 0.146. The second kappa shape index (κ2) is 9.41. The van der Waals surface area contributed by atoms with Gasteiger partial charge in [-0.1, -0.05) is 0 Å². The molecule has 21 heavy (non-hydrogen) atoms. The van der Waals surface area contributed by atoms with E-state index in [2.05, 4.69) is 0 Å². The van der Waals surface area contributed by atoms with Crippen LogP contribution in [-0.4, -0.2) is 52.5 Å². The molecule has 0 radical (unpaired) electrons. The van der Waals surface area contributed by atoms with Gasteiger partial charge < -0.3 is 25.2 Å². The van der Waals surface area contributed by atoms with Gasteiger partial charge in [0.2, 0.25) is 0 Å². The van der Waals surface area contributed by atoms with Crippen molar-refractivity contribution in [1.82, 2.24) is 0 Å². The first-order chi connectivity index (χ1) is 8.91. The number of halogens is 6. The second-order valence-corrected chi connectivity index (χ2v) is 3.78. The van der Waals surface area contributed by atoms with Crippen molar-refractivity contribution in [2.24, 2.45) is 0 Å². The summed E-state index contributed by atoms with van der Waals surface area (Å²) in [7, 11) is 0. The Hall–Kier alpha value is -0.620. The minimum Gasteiger partial charge on any atom is -0.822 e. The van der Waals surface area contributed by atoms with E-state index in [9.17, 15) is 31.4 Å². The predicted octanol–water partition coefficient (Wildman–Crippen LogP) is 0.910. The summed E-state index contributed by atoms with van der Waals surface area (Å²) in [6, 6.07) is 0. The van der Waals surface area contributed by atoms with Crippen LogP contribution in [0.15, 0.2) is 0 Å². The van der Waals surface area contributed by atoms with E-state index < -0.39 is 23.9 Å². The molecule has 0 aliphatic carbocycles. The Kier molecular flexibility index (Phi) is 11.4. The Labute approximate surface area is 117 Å². The molecule has 0 aliphatic rings. The molecule has 0 fully saturated rings.